The molecule has 0 N–H and O–H groups in total. The zero-order valence-corrected chi connectivity index (χ0v) is 5.85. The molecule has 1 aliphatic heterocycles. The highest BCUT2D eigenvalue weighted by Crippen LogP contribution is 2.17. The van der Waals surface area contributed by atoms with E-state index < -0.39 is 0 Å². The molecule has 0 bridgehead atoms. The SMILES string of the molecule is CC1=C(C=O)N(C)CC1. The molecule has 0 aromatic heterocycles. The van der Waals surface area contributed by atoms with Crippen LogP contribution in [0.5, 0.6) is 0 Å². The predicted molar refractivity (Wildman–Crippen MR) is 36.0 cm³/mol. The molecule has 50 valence electrons. The van der Waals surface area contributed by atoms with Crippen molar-refractivity contribution in [2.75, 3.05) is 13.6 Å². The molecule has 1 aliphatic rings. The van der Waals surface area contributed by atoms with Gasteiger partial charge in [-0.25, -0.2) is 0 Å². The molecule has 0 atom stereocenters. The number of carbonyl (C=O) groups is 1. The molecule has 0 amide bonds. The maximum absolute atomic E-state index is 10.3. The summed E-state index contributed by atoms with van der Waals surface area (Å²) in [7, 11) is 1.94. The summed E-state index contributed by atoms with van der Waals surface area (Å²) in [5.41, 5.74) is 2.09. The van der Waals surface area contributed by atoms with Gasteiger partial charge in [0.05, 0.1) is 5.70 Å². The molecule has 0 fully saturated rings. The fourth-order valence-corrected chi connectivity index (χ4v) is 1.10. The maximum atomic E-state index is 10.3. The van der Waals surface area contributed by atoms with Crippen LogP contribution in [0.2, 0.25) is 0 Å². The Morgan fingerprint density at radius 1 is 1.67 bits per heavy atom. The Bertz CT molecular complexity index is 160. The molecule has 9 heavy (non-hydrogen) atoms. The molecule has 0 spiro atoms. The van der Waals surface area contributed by atoms with Crippen LogP contribution in [0.25, 0.3) is 0 Å². The van der Waals surface area contributed by atoms with Crippen molar-refractivity contribution >= 4 is 6.29 Å². The van der Waals surface area contributed by atoms with E-state index in [2.05, 4.69) is 0 Å². The van der Waals surface area contributed by atoms with Crippen LogP contribution in [-0.2, 0) is 4.79 Å². The van der Waals surface area contributed by atoms with Crippen molar-refractivity contribution < 1.29 is 4.79 Å². The van der Waals surface area contributed by atoms with E-state index in [9.17, 15) is 4.79 Å². The quantitative estimate of drug-likeness (QED) is 0.483. The molecule has 0 saturated heterocycles. The number of allylic oxidation sites excluding steroid dienone is 1. The van der Waals surface area contributed by atoms with Crippen LogP contribution in [0, 0.1) is 0 Å². The van der Waals surface area contributed by atoms with Crippen LogP contribution in [0.1, 0.15) is 13.3 Å². The topological polar surface area (TPSA) is 20.3 Å². The lowest BCUT2D eigenvalue weighted by Crippen LogP contribution is -2.13. The summed E-state index contributed by atoms with van der Waals surface area (Å²) in [5.74, 6) is 0. The average molecular weight is 125 g/mol. The Balaban J connectivity index is 2.81. The summed E-state index contributed by atoms with van der Waals surface area (Å²) in [4.78, 5) is 12.3. The highest BCUT2D eigenvalue weighted by atomic mass is 16.1. The summed E-state index contributed by atoms with van der Waals surface area (Å²) < 4.78 is 0. The molecule has 2 nitrogen and oxygen atoms in total. The first-order valence-electron chi connectivity index (χ1n) is 3.11. The Morgan fingerprint density at radius 2 is 2.33 bits per heavy atom. The van der Waals surface area contributed by atoms with Crippen LogP contribution < -0.4 is 0 Å². The highest BCUT2D eigenvalue weighted by molar-refractivity contribution is 5.74. The number of hydrogen-bond donors (Lipinski definition) is 0. The molecule has 0 saturated carbocycles. The molecular weight excluding hydrogens is 114 g/mol. The van der Waals surface area contributed by atoms with Gasteiger partial charge in [-0.3, -0.25) is 4.79 Å². The highest BCUT2D eigenvalue weighted by Gasteiger charge is 2.13. The minimum absolute atomic E-state index is 0.870. The largest absolute Gasteiger partial charge is 0.372 e. The van der Waals surface area contributed by atoms with Gasteiger partial charge in [0.15, 0.2) is 6.29 Å². The number of aldehydes is 1. The van der Waals surface area contributed by atoms with Gasteiger partial charge in [0.2, 0.25) is 0 Å². The van der Waals surface area contributed by atoms with E-state index in [0.717, 1.165) is 24.9 Å². The van der Waals surface area contributed by atoms with Gasteiger partial charge in [0.1, 0.15) is 0 Å². The van der Waals surface area contributed by atoms with Crippen molar-refractivity contribution in [2.24, 2.45) is 0 Å². The van der Waals surface area contributed by atoms with E-state index >= 15 is 0 Å². The first-order chi connectivity index (χ1) is 4.25. The second-order valence-electron chi connectivity index (χ2n) is 2.45. The Labute approximate surface area is 55.2 Å². The lowest BCUT2D eigenvalue weighted by atomic mass is 10.2. The molecule has 1 heterocycles. The normalized spacial score (nSPS) is 19.1. The Morgan fingerprint density at radius 3 is 2.56 bits per heavy atom. The first kappa shape index (κ1) is 6.33. The molecule has 0 aromatic carbocycles. The van der Waals surface area contributed by atoms with Crippen molar-refractivity contribution in [2.45, 2.75) is 13.3 Å². The number of likely N-dealkylation sites (N-methyl/N-ethyl adjacent to an activating group) is 1. The second kappa shape index (κ2) is 2.21. The zero-order chi connectivity index (χ0) is 6.85. The molecule has 1 rings (SSSR count). The fraction of sp³-hybridized carbons (Fsp3) is 0.571. The predicted octanol–water partition coefficient (Wildman–Crippen LogP) is 0.795. The fourth-order valence-electron chi connectivity index (χ4n) is 1.10. The van der Waals surface area contributed by atoms with Crippen LogP contribution in [-0.4, -0.2) is 24.8 Å². The maximum Gasteiger partial charge on any atom is 0.166 e. The summed E-state index contributed by atoms with van der Waals surface area (Å²) >= 11 is 0. The summed E-state index contributed by atoms with van der Waals surface area (Å²) in [6, 6.07) is 0. The number of nitrogens with zero attached hydrogens (tertiary/aromatic N) is 1. The third kappa shape index (κ3) is 0.969. The van der Waals surface area contributed by atoms with E-state index in [1.165, 1.54) is 5.57 Å². The lowest BCUT2D eigenvalue weighted by molar-refractivity contribution is -0.105. The second-order valence-corrected chi connectivity index (χ2v) is 2.45. The van der Waals surface area contributed by atoms with Gasteiger partial charge in [-0.1, -0.05) is 0 Å². The molecule has 0 radical (unpaired) electrons. The molecule has 0 unspecified atom stereocenters. The van der Waals surface area contributed by atoms with Gasteiger partial charge < -0.3 is 4.90 Å². The van der Waals surface area contributed by atoms with Gasteiger partial charge in [-0.15, -0.1) is 0 Å². The summed E-state index contributed by atoms with van der Waals surface area (Å²) in [6.45, 7) is 3.01. The monoisotopic (exact) mass is 125 g/mol. The first-order valence-corrected chi connectivity index (χ1v) is 3.11. The van der Waals surface area contributed by atoms with Crippen LogP contribution >= 0.6 is 0 Å². The Hall–Kier alpha value is -0.790. The number of rotatable bonds is 1. The minimum atomic E-state index is 0.870. The van der Waals surface area contributed by atoms with E-state index in [0.29, 0.717) is 0 Å². The smallest absolute Gasteiger partial charge is 0.166 e. The molecule has 0 aliphatic carbocycles. The van der Waals surface area contributed by atoms with Gasteiger partial charge in [0, 0.05) is 13.6 Å². The van der Waals surface area contributed by atoms with Gasteiger partial charge in [0.25, 0.3) is 0 Å². The molecular formula is C7H11NO. The van der Waals surface area contributed by atoms with Gasteiger partial charge in [-0.05, 0) is 18.9 Å². The van der Waals surface area contributed by atoms with E-state index in [4.69, 9.17) is 0 Å². The van der Waals surface area contributed by atoms with Crippen molar-refractivity contribution in [1.29, 1.82) is 0 Å². The minimum Gasteiger partial charge on any atom is -0.372 e. The van der Waals surface area contributed by atoms with E-state index in [1.807, 2.05) is 18.9 Å². The standard InChI is InChI=1S/C7H11NO/c1-6-3-4-8(2)7(6)5-9/h5H,3-4H2,1-2H3. The van der Waals surface area contributed by atoms with E-state index in [1.54, 1.807) is 0 Å². The number of carbonyl (C=O) groups excluding carboxylic acids is 1. The van der Waals surface area contributed by atoms with E-state index in [-0.39, 0.29) is 0 Å². The zero-order valence-electron chi connectivity index (χ0n) is 5.85. The van der Waals surface area contributed by atoms with Crippen molar-refractivity contribution in [3.05, 3.63) is 11.3 Å². The van der Waals surface area contributed by atoms with Crippen LogP contribution in [0.15, 0.2) is 11.3 Å². The Kier molecular flexibility index (Phi) is 1.56. The van der Waals surface area contributed by atoms with Crippen molar-refractivity contribution in [1.82, 2.24) is 4.90 Å². The van der Waals surface area contributed by atoms with Crippen molar-refractivity contribution in [3.63, 3.8) is 0 Å². The summed E-state index contributed by atoms with van der Waals surface area (Å²) in [5, 5.41) is 0. The van der Waals surface area contributed by atoms with Crippen molar-refractivity contribution in [3.8, 4) is 0 Å². The third-order valence-electron chi connectivity index (χ3n) is 1.78. The number of hydrogen-bond acceptors (Lipinski definition) is 2. The molecule has 2 heteroatoms. The molecule has 0 aromatic rings. The van der Waals surface area contributed by atoms with Crippen LogP contribution in [0.3, 0.4) is 0 Å². The van der Waals surface area contributed by atoms with Gasteiger partial charge >= 0.3 is 0 Å². The third-order valence-corrected chi connectivity index (χ3v) is 1.78. The average Bonchev–Trinajstić information content (AvgIpc) is 2.12. The lowest BCUT2D eigenvalue weighted by Gasteiger charge is -2.09. The van der Waals surface area contributed by atoms with Crippen LogP contribution in [0.4, 0.5) is 0 Å². The summed E-state index contributed by atoms with van der Waals surface area (Å²) in [6.07, 6.45) is 1.98. The van der Waals surface area contributed by atoms with Gasteiger partial charge in [-0.2, -0.15) is 0 Å².